The number of nitrogens with zero attached hydrogens (tertiary/aromatic N) is 5. The number of carbonyl (C=O) groups is 1. The van der Waals surface area contributed by atoms with Crippen LogP contribution >= 0.6 is 11.8 Å². The van der Waals surface area contributed by atoms with Gasteiger partial charge in [0, 0.05) is 12.7 Å². The number of aromatic nitrogens is 5. The van der Waals surface area contributed by atoms with Gasteiger partial charge in [0.25, 0.3) is 0 Å². The van der Waals surface area contributed by atoms with E-state index in [0.717, 1.165) is 17.5 Å². The lowest BCUT2D eigenvalue weighted by Gasteiger charge is -2.04. The van der Waals surface area contributed by atoms with Crippen molar-refractivity contribution in [3.8, 4) is 0 Å². The first-order chi connectivity index (χ1) is 8.08. The molecule has 88 valence electrons. The molecule has 0 unspecified atom stereocenters. The molecule has 0 atom stereocenters. The van der Waals surface area contributed by atoms with Gasteiger partial charge in [-0.1, -0.05) is 0 Å². The summed E-state index contributed by atoms with van der Waals surface area (Å²) in [5.74, 6) is -1.02. The fraction of sp³-hybridized carbons (Fsp3) is 0.222. The molecule has 7 nitrogen and oxygen atoms in total. The molecule has 1 N–H and O–H groups in total. The predicted octanol–water partition coefficient (Wildman–Crippen LogP) is 0.763. The summed E-state index contributed by atoms with van der Waals surface area (Å²) >= 11 is 1.12. The molecule has 2 aromatic rings. The lowest BCUT2D eigenvalue weighted by Crippen LogP contribution is -2.02. The Balaban J connectivity index is 2.41. The molecule has 0 spiro atoms. The van der Waals surface area contributed by atoms with E-state index in [9.17, 15) is 4.79 Å². The highest BCUT2D eigenvalue weighted by Crippen LogP contribution is 2.26. The predicted molar refractivity (Wildman–Crippen MR) is 58.9 cm³/mol. The smallest absolute Gasteiger partial charge is 0.338 e. The van der Waals surface area contributed by atoms with Crippen LogP contribution in [0.25, 0.3) is 0 Å². The first-order valence-corrected chi connectivity index (χ1v) is 5.50. The molecule has 0 aliphatic rings. The fourth-order valence-corrected chi connectivity index (χ4v) is 2.04. The summed E-state index contributed by atoms with van der Waals surface area (Å²) in [5, 5.41) is 20.8. The number of aryl methyl sites for hydroxylation is 2. The second-order valence-electron chi connectivity index (χ2n) is 3.30. The average Bonchev–Trinajstić information content (AvgIpc) is 2.64. The van der Waals surface area contributed by atoms with Gasteiger partial charge < -0.3 is 5.11 Å². The molecule has 0 fully saturated rings. The van der Waals surface area contributed by atoms with E-state index in [1.807, 2.05) is 0 Å². The molecule has 8 heteroatoms. The summed E-state index contributed by atoms with van der Waals surface area (Å²) in [6.45, 7) is 1.80. The van der Waals surface area contributed by atoms with Crippen molar-refractivity contribution in [2.24, 2.45) is 7.05 Å². The standard InChI is InChI=1S/C9H9N5O2S/c1-5-3-4-6(8(15)16)7(10-5)17-9-11-12-13-14(9)2/h3-4H,1-2H3,(H,15,16). The molecule has 0 saturated carbocycles. The van der Waals surface area contributed by atoms with Crippen LogP contribution in [0.4, 0.5) is 0 Å². The normalized spacial score (nSPS) is 10.5. The summed E-state index contributed by atoms with van der Waals surface area (Å²) < 4.78 is 1.46. The number of hydrogen-bond donors (Lipinski definition) is 1. The second kappa shape index (κ2) is 4.50. The summed E-state index contributed by atoms with van der Waals surface area (Å²) in [5.41, 5.74) is 0.885. The summed E-state index contributed by atoms with van der Waals surface area (Å²) in [6, 6.07) is 3.18. The first kappa shape index (κ1) is 11.5. The topological polar surface area (TPSA) is 93.8 Å². The van der Waals surface area contributed by atoms with Crippen LogP contribution in [0, 0.1) is 6.92 Å². The highest BCUT2D eigenvalue weighted by Gasteiger charge is 2.15. The summed E-state index contributed by atoms with van der Waals surface area (Å²) in [7, 11) is 1.68. The van der Waals surface area contributed by atoms with Gasteiger partial charge in [-0.25, -0.2) is 14.5 Å². The average molecular weight is 251 g/mol. The molecule has 0 bridgehead atoms. The fourth-order valence-electron chi connectivity index (χ4n) is 1.17. The van der Waals surface area contributed by atoms with E-state index in [2.05, 4.69) is 20.5 Å². The maximum absolute atomic E-state index is 11.0. The molecule has 0 aliphatic heterocycles. The summed E-state index contributed by atoms with van der Waals surface area (Å²) in [6.07, 6.45) is 0. The third-order valence-electron chi connectivity index (χ3n) is 2.00. The Morgan fingerprint density at radius 2 is 2.24 bits per heavy atom. The molecule has 0 aliphatic carbocycles. The molecule has 0 radical (unpaired) electrons. The van der Waals surface area contributed by atoms with Crippen molar-refractivity contribution in [2.45, 2.75) is 17.1 Å². The molecule has 0 amide bonds. The zero-order chi connectivity index (χ0) is 12.4. The lowest BCUT2D eigenvalue weighted by atomic mass is 10.2. The van der Waals surface area contributed by atoms with E-state index in [-0.39, 0.29) is 5.56 Å². The van der Waals surface area contributed by atoms with E-state index in [4.69, 9.17) is 5.11 Å². The highest BCUT2D eigenvalue weighted by molar-refractivity contribution is 7.99. The first-order valence-electron chi connectivity index (χ1n) is 4.69. The van der Waals surface area contributed by atoms with E-state index in [1.165, 1.54) is 10.7 Å². The van der Waals surface area contributed by atoms with Gasteiger partial charge >= 0.3 is 5.97 Å². The van der Waals surface area contributed by atoms with Crippen molar-refractivity contribution < 1.29 is 9.90 Å². The molecule has 2 rings (SSSR count). The maximum atomic E-state index is 11.0. The Hall–Kier alpha value is -1.96. The van der Waals surface area contributed by atoms with Gasteiger partial charge in [-0.3, -0.25) is 0 Å². The van der Waals surface area contributed by atoms with Gasteiger partial charge in [0.05, 0.1) is 5.56 Å². The molecular weight excluding hydrogens is 242 g/mol. The van der Waals surface area contributed by atoms with E-state index in [1.54, 1.807) is 20.0 Å². The van der Waals surface area contributed by atoms with Crippen LogP contribution in [0.2, 0.25) is 0 Å². The number of hydrogen-bond acceptors (Lipinski definition) is 6. The zero-order valence-corrected chi connectivity index (χ0v) is 9.97. The van der Waals surface area contributed by atoms with Gasteiger partial charge in [-0.2, -0.15) is 0 Å². The van der Waals surface area contributed by atoms with Crippen molar-refractivity contribution in [3.05, 3.63) is 23.4 Å². The van der Waals surface area contributed by atoms with E-state index >= 15 is 0 Å². The molecule has 2 heterocycles. The molecule has 0 aromatic carbocycles. The number of aromatic carboxylic acids is 1. The minimum Gasteiger partial charge on any atom is -0.478 e. The third-order valence-corrected chi connectivity index (χ3v) is 3.03. The quantitative estimate of drug-likeness (QED) is 0.860. The van der Waals surface area contributed by atoms with Crippen LogP contribution in [0.5, 0.6) is 0 Å². The number of rotatable bonds is 3. The number of carboxylic acids is 1. The van der Waals surface area contributed by atoms with Crippen molar-refractivity contribution in [3.63, 3.8) is 0 Å². The minimum absolute atomic E-state index is 0.142. The van der Waals surface area contributed by atoms with E-state index in [0.29, 0.717) is 10.2 Å². The molecule has 2 aromatic heterocycles. The molecule has 17 heavy (non-hydrogen) atoms. The van der Waals surface area contributed by atoms with Crippen molar-refractivity contribution in [1.29, 1.82) is 0 Å². The SMILES string of the molecule is Cc1ccc(C(=O)O)c(Sc2nnnn2C)n1. The van der Waals surface area contributed by atoms with Gasteiger partial charge in [0.1, 0.15) is 5.03 Å². The Kier molecular flexibility index (Phi) is 3.05. The monoisotopic (exact) mass is 251 g/mol. The van der Waals surface area contributed by atoms with Crippen LogP contribution in [0.1, 0.15) is 16.1 Å². The largest absolute Gasteiger partial charge is 0.478 e. The Bertz CT molecular complexity index is 568. The second-order valence-corrected chi connectivity index (χ2v) is 4.25. The van der Waals surface area contributed by atoms with Crippen molar-refractivity contribution >= 4 is 17.7 Å². The van der Waals surface area contributed by atoms with Crippen LogP contribution in [-0.2, 0) is 7.05 Å². The van der Waals surface area contributed by atoms with E-state index < -0.39 is 5.97 Å². The summed E-state index contributed by atoms with van der Waals surface area (Å²) in [4.78, 5) is 15.2. The number of pyridine rings is 1. The molecular formula is C9H9N5O2S. The maximum Gasteiger partial charge on any atom is 0.338 e. The highest BCUT2D eigenvalue weighted by atomic mass is 32.2. The minimum atomic E-state index is -1.02. The van der Waals surface area contributed by atoms with Gasteiger partial charge in [0.15, 0.2) is 0 Å². The van der Waals surface area contributed by atoms with Crippen molar-refractivity contribution in [1.82, 2.24) is 25.2 Å². The lowest BCUT2D eigenvalue weighted by molar-refractivity contribution is 0.0692. The van der Waals surface area contributed by atoms with Crippen LogP contribution in [-0.4, -0.2) is 36.3 Å². The number of tetrazole rings is 1. The van der Waals surface area contributed by atoms with Gasteiger partial charge in [-0.15, -0.1) is 5.10 Å². The number of carboxylic acid groups (broad SMARTS) is 1. The van der Waals surface area contributed by atoms with Gasteiger partial charge in [-0.05, 0) is 41.2 Å². The van der Waals surface area contributed by atoms with Crippen LogP contribution in [0.3, 0.4) is 0 Å². The van der Waals surface area contributed by atoms with Crippen LogP contribution < -0.4 is 0 Å². The Morgan fingerprint density at radius 1 is 1.47 bits per heavy atom. The van der Waals surface area contributed by atoms with Crippen molar-refractivity contribution in [2.75, 3.05) is 0 Å². The molecule has 0 saturated heterocycles. The Morgan fingerprint density at radius 3 is 2.82 bits per heavy atom. The zero-order valence-electron chi connectivity index (χ0n) is 9.15. The van der Waals surface area contributed by atoms with Crippen LogP contribution in [0.15, 0.2) is 22.3 Å². The third kappa shape index (κ3) is 2.41. The Labute approximate surface area is 101 Å². The van der Waals surface area contributed by atoms with Gasteiger partial charge in [0.2, 0.25) is 5.16 Å².